The molecule has 1 aromatic carbocycles. The minimum atomic E-state index is -0.308. The average molecular weight is 290 g/mol. The second-order valence-electron chi connectivity index (χ2n) is 5.47. The summed E-state index contributed by atoms with van der Waals surface area (Å²) in [4.78, 5) is 23.3. The molecule has 5 heteroatoms. The van der Waals surface area contributed by atoms with Gasteiger partial charge < -0.3 is 15.4 Å². The number of nitrogens with one attached hydrogen (secondary N) is 2. The summed E-state index contributed by atoms with van der Waals surface area (Å²) in [5.41, 5.74) is 2.38. The smallest absolute Gasteiger partial charge is 0.322 e. The highest BCUT2D eigenvalue weighted by molar-refractivity contribution is 5.78. The second kappa shape index (κ2) is 7.22. The standard InChI is InChI=1S/C16H22N2O3/c1-11-3-5-12(6-4-11)7-8-15(19)18-13-9-14(17-10-13)16(20)21-2/h3-6,13-14,17H,7-10H2,1-2H3,(H,18,19)/t13-,14+/m1/s1. The number of benzene rings is 1. The number of hydrogen-bond donors (Lipinski definition) is 2. The van der Waals surface area contributed by atoms with Crippen LogP contribution in [0.15, 0.2) is 24.3 Å². The van der Waals surface area contributed by atoms with E-state index < -0.39 is 0 Å². The monoisotopic (exact) mass is 290 g/mol. The van der Waals surface area contributed by atoms with Gasteiger partial charge in [-0.1, -0.05) is 29.8 Å². The van der Waals surface area contributed by atoms with Crippen molar-refractivity contribution in [3.8, 4) is 0 Å². The highest BCUT2D eigenvalue weighted by atomic mass is 16.5. The minimum absolute atomic E-state index is 0.000354. The molecule has 1 aliphatic rings. The zero-order valence-electron chi connectivity index (χ0n) is 12.5. The SMILES string of the molecule is COC(=O)[C@@H]1C[C@@H](NC(=O)CCc2ccc(C)cc2)CN1. The Morgan fingerprint density at radius 3 is 2.71 bits per heavy atom. The molecule has 0 aliphatic carbocycles. The molecule has 0 bridgehead atoms. The Balaban J connectivity index is 1.73. The Morgan fingerprint density at radius 1 is 1.33 bits per heavy atom. The van der Waals surface area contributed by atoms with Gasteiger partial charge in [0.15, 0.2) is 0 Å². The predicted molar refractivity (Wildman–Crippen MR) is 79.9 cm³/mol. The van der Waals surface area contributed by atoms with Crippen molar-refractivity contribution >= 4 is 11.9 Å². The van der Waals surface area contributed by atoms with Gasteiger partial charge in [0, 0.05) is 19.0 Å². The Bertz CT molecular complexity index is 499. The first-order chi connectivity index (χ1) is 10.1. The predicted octanol–water partition coefficient (Wildman–Crippen LogP) is 0.947. The quantitative estimate of drug-likeness (QED) is 0.792. The molecule has 1 aliphatic heterocycles. The number of amides is 1. The first-order valence-electron chi connectivity index (χ1n) is 7.24. The van der Waals surface area contributed by atoms with E-state index >= 15 is 0 Å². The molecule has 1 saturated heterocycles. The summed E-state index contributed by atoms with van der Waals surface area (Å²) in [7, 11) is 1.37. The Labute approximate surface area is 125 Å². The van der Waals surface area contributed by atoms with Crippen molar-refractivity contribution in [3.63, 3.8) is 0 Å². The molecule has 2 atom stereocenters. The Morgan fingerprint density at radius 2 is 2.05 bits per heavy atom. The number of aryl methyl sites for hydroxylation is 2. The van der Waals surface area contributed by atoms with Crippen molar-refractivity contribution in [1.82, 2.24) is 10.6 Å². The van der Waals surface area contributed by atoms with Gasteiger partial charge in [-0.15, -0.1) is 0 Å². The maximum absolute atomic E-state index is 11.9. The van der Waals surface area contributed by atoms with Crippen LogP contribution in [-0.2, 0) is 20.7 Å². The summed E-state index contributed by atoms with van der Waals surface area (Å²) in [6.45, 7) is 2.65. The first kappa shape index (κ1) is 15.5. The molecule has 114 valence electrons. The van der Waals surface area contributed by atoms with Crippen LogP contribution >= 0.6 is 0 Å². The summed E-state index contributed by atoms with van der Waals surface area (Å²) in [6.07, 6.45) is 1.78. The van der Waals surface area contributed by atoms with Crippen LogP contribution in [0.1, 0.15) is 24.0 Å². The highest BCUT2D eigenvalue weighted by Gasteiger charge is 2.30. The van der Waals surface area contributed by atoms with Crippen molar-refractivity contribution in [3.05, 3.63) is 35.4 Å². The molecular weight excluding hydrogens is 268 g/mol. The van der Waals surface area contributed by atoms with E-state index in [0.29, 0.717) is 19.4 Å². The van der Waals surface area contributed by atoms with E-state index in [-0.39, 0.29) is 24.0 Å². The fourth-order valence-corrected chi connectivity index (χ4v) is 2.48. The number of esters is 1. The second-order valence-corrected chi connectivity index (χ2v) is 5.47. The third kappa shape index (κ3) is 4.56. The van der Waals surface area contributed by atoms with E-state index in [1.165, 1.54) is 12.7 Å². The number of ether oxygens (including phenoxy) is 1. The molecule has 0 unspecified atom stereocenters. The lowest BCUT2D eigenvalue weighted by Gasteiger charge is -2.11. The maximum Gasteiger partial charge on any atom is 0.322 e. The molecule has 1 fully saturated rings. The molecule has 0 spiro atoms. The van der Waals surface area contributed by atoms with Crippen LogP contribution in [0.25, 0.3) is 0 Å². The van der Waals surface area contributed by atoms with Crippen LogP contribution in [0.5, 0.6) is 0 Å². The van der Waals surface area contributed by atoms with Crippen molar-refractivity contribution in [1.29, 1.82) is 0 Å². The van der Waals surface area contributed by atoms with Gasteiger partial charge in [0.1, 0.15) is 6.04 Å². The van der Waals surface area contributed by atoms with Gasteiger partial charge in [0.2, 0.25) is 5.91 Å². The van der Waals surface area contributed by atoms with E-state index in [9.17, 15) is 9.59 Å². The zero-order valence-corrected chi connectivity index (χ0v) is 12.5. The van der Waals surface area contributed by atoms with E-state index in [1.807, 2.05) is 19.1 Å². The van der Waals surface area contributed by atoms with Gasteiger partial charge in [0.25, 0.3) is 0 Å². The van der Waals surface area contributed by atoms with Crippen molar-refractivity contribution in [2.75, 3.05) is 13.7 Å². The van der Waals surface area contributed by atoms with Gasteiger partial charge in [-0.2, -0.15) is 0 Å². The number of methoxy groups -OCH3 is 1. The van der Waals surface area contributed by atoms with E-state index in [1.54, 1.807) is 0 Å². The van der Waals surface area contributed by atoms with Gasteiger partial charge in [0.05, 0.1) is 7.11 Å². The summed E-state index contributed by atoms with van der Waals surface area (Å²) in [5.74, 6) is -0.251. The summed E-state index contributed by atoms with van der Waals surface area (Å²) in [6, 6.07) is 7.89. The van der Waals surface area contributed by atoms with Crippen LogP contribution in [0.4, 0.5) is 0 Å². The van der Waals surface area contributed by atoms with Gasteiger partial charge >= 0.3 is 5.97 Å². The lowest BCUT2D eigenvalue weighted by atomic mass is 10.1. The van der Waals surface area contributed by atoms with Crippen molar-refractivity contribution in [2.45, 2.75) is 38.3 Å². The molecule has 2 rings (SSSR count). The maximum atomic E-state index is 11.9. The van der Waals surface area contributed by atoms with Crippen LogP contribution in [-0.4, -0.2) is 37.6 Å². The van der Waals surface area contributed by atoms with Gasteiger partial charge in [-0.05, 0) is 25.3 Å². The number of hydrogen-bond acceptors (Lipinski definition) is 4. The van der Waals surface area contributed by atoms with Gasteiger partial charge in [-0.25, -0.2) is 0 Å². The summed E-state index contributed by atoms with van der Waals surface area (Å²) >= 11 is 0. The van der Waals surface area contributed by atoms with E-state index in [2.05, 4.69) is 27.5 Å². The number of carbonyl (C=O) groups is 2. The molecule has 5 nitrogen and oxygen atoms in total. The van der Waals surface area contributed by atoms with Crippen LogP contribution in [0.3, 0.4) is 0 Å². The van der Waals surface area contributed by atoms with Crippen molar-refractivity contribution in [2.24, 2.45) is 0 Å². The largest absolute Gasteiger partial charge is 0.468 e. The molecule has 0 radical (unpaired) electrons. The molecule has 1 aromatic rings. The summed E-state index contributed by atoms with van der Waals surface area (Å²) in [5, 5.41) is 6.01. The fraction of sp³-hybridized carbons (Fsp3) is 0.500. The third-order valence-electron chi connectivity index (χ3n) is 3.74. The topological polar surface area (TPSA) is 67.4 Å². The molecule has 0 aromatic heterocycles. The molecule has 1 amide bonds. The number of rotatable bonds is 5. The minimum Gasteiger partial charge on any atom is -0.468 e. The van der Waals surface area contributed by atoms with E-state index in [0.717, 1.165) is 12.0 Å². The van der Waals surface area contributed by atoms with E-state index in [4.69, 9.17) is 0 Å². The highest BCUT2D eigenvalue weighted by Crippen LogP contribution is 2.09. The normalized spacial score (nSPS) is 21.0. The lowest BCUT2D eigenvalue weighted by Crippen LogP contribution is -2.36. The fourth-order valence-electron chi connectivity index (χ4n) is 2.48. The molecule has 2 N–H and O–H groups in total. The summed E-state index contributed by atoms with van der Waals surface area (Å²) < 4.78 is 4.69. The molecule has 0 saturated carbocycles. The lowest BCUT2D eigenvalue weighted by molar-refractivity contribution is -0.142. The number of carbonyl (C=O) groups excluding carboxylic acids is 2. The van der Waals surface area contributed by atoms with Crippen molar-refractivity contribution < 1.29 is 14.3 Å². The molecular formula is C16H22N2O3. The zero-order chi connectivity index (χ0) is 15.2. The van der Waals surface area contributed by atoms with Gasteiger partial charge in [-0.3, -0.25) is 9.59 Å². The molecule has 1 heterocycles. The Kier molecular flexibility index (Phi) is 5.33. The van der Waals surface area contributed by atoms with Crippen LogP contribution in [0, 0.1) is 6.92 Å². The third-order valence-corrected chi connectivity index (χ3v) is 3.74. The van der Waals surface area contributed by atoms with Crippen LogP contribution < -0.4 is 10.6 Å². The Hall–Kier alpha value is -1.88. The average Bonchev–Trinajstić information content (AvgIpc) is 2.94. The van der Waals surface area contributed by atoms with Crippen LogP contribution in [0.2, 0.25) is 0 Å². The first-order valence-corrected chi connectivity index (χ1v) is 7.24. The molecule has 21 heavy (non-hydrogen) atoms.